The van der Waals surface area contributed by atoms with E-state index in [4.69, 9.17) is 14.2 Å². The second kappa shape index (κ2) is 7.25. The lowest BCUT2D eigenvalue weighted by Gasteiger charge is -2.10. The van der Waals surface area contributed by atoms with Gasteiger partial charge in [-0.25, -0.2) is 0 Å². The van der Waals surface area contributed by atoms with Gasteiger partial charge in [0.15, 0.2) is 11.5 Å². The molecule has 1 N–H and O–H groups in total. The molecule has 0 unspecified atom stereocenters. The average molecular weight is 327 g/mol. The molecule has 0 spiro atoms. The first-order valence-corrected chi connectivity index (χ1v) is 8.07. The number of aryl methyl sites for hydroxylation is 1. The predicted molar refractivity (Wildman–Crippen MR) is 91.0 cm³/mol. The summed E-state index contributed by atoms with van der Waals surface area (Å²) >= 11 is 0. The fraction of sp³-hybridized carbons (Fsp3) is 0.316. The molecule has 3 rings (SSSR count). The zero-order valence-electron chi connectivity index (χ0n) is 13.9. The summed E-state index contributed by atoms with van der Waals surface area (Å²) in [5.74, 6) is 2.27. The fourth-order valence-electron chi connectivity index (χ4n) is 2.63. The van der Waals surface area contributed by atoms with Crippen LogP contribution in [0.25, 0.3) is 0 Å². The normalized spacial score (nSPS) is 12.1. The first-order valence-electron chi connectivity index (χ1n) is 8.07. The van der Waals surface area contributed by atoms with Crippen molar-refractivity contribution in [3.05, 3.63) is 53.1 Å². The summed E-state index contributed by atoms with van der Waals surface area (Å²) in [4.78, 5) is 12.2. The van der Waals surface area contributed by atoms with E-state index in [0.29, 0.717) is 18.7 Å². The van der Waals surface area contributed by atoms with E-state index in [0.717, 1.165) is 34.8 Å². The summed E-state index contributed by atoms with van der Waals surface area (Å²) in [6.45, 7) is 5.32. The van der Waals surface area contributed by atoms with Gasteiger partial charge in [-0.2, -0.15) is 0 Å². The van der Waals surface area contributed by atoms with E-state index in [1.807, 2.05) is 44.2 Å². The molecule has 0 bridgehead atoms. The molecule has 0 aliphatic carbocycles. The molecule has 126 valence electrons. The number of hydrogen-bond acceptors (Lipinski definition) is 4. The standard InChI is InChI=1S/C19H21NO4/c1-3-22-16-7-5-15(10-13(16)2)19(21)20-9-8-14-4-6-17-18(11-14)24-12-23-17/h4-7,10-11H,3,8-9,12H2,1-2H3,(H,20,21). The van der Waals surface area contributed by atoms with Crippen molar-refractivity contribution >= 4 is 5.91 Å². The van der Waals surface area contributed by atoms with Crippen LogP contribution in [0.15, 0.2) is 36.4 Å². The van der Waals surface area contributed by atoms with Gasteiger partial charge in [0.2, 0.25) is 6.79 Å². The van der Waals surface area contributed by atoms with E-state index in [2.05, 4.69) is 5.32 Å². The third-order valence-corrected chi connectivity index (χ3v) is 3.87. The lowest BCUT2D eigenvalue weighted by Crippen LogP contribution is -2.25. The molecule has 2 aromatic rings. The van der Waals surface area contributed by atoms with Gasteiger partial charge in [0.25, 0.3) is 5.91 Å². The van der Waals surface area contributed by atoms with Crippen LogP contribution in [-0.4, -0.2) is 25.9 Å². The lowest BCUT2D eigenvalue weighted by molar-refractivity contribution is 0.0954. The van der Waals surface area contributed by atoms with Gasteiger partial charge in [-0.3, -0.25) is 4.79 Å². The van der Waals surface area contributed by atoms with Gasteiger partial charge in [-0.1, -0.05) is 6.07 Å². The summed E-state index contributed by atoms with van der Waals surface area (Å²) < 4.78 is 16.1. The first-order chi connectivity index (χ1) is 11.7. The predicted octanol–water partition coefficient (Wildman–Crippen LogP) is 3.09. The topological polar surface area (TPSA) is 56.8 Å². The number of nitrogens with one attached hydrogen (secondary N) is 1. The van der Waals surface area contributed by atoms with Crippen LogP contribution in [0.1, 0.15) is 28.4 Å². The Morgan fingerprint density at radius 1 is 1.17 bits per heavy atom. The quantitative estimate of drug-likeness (QED) is 0.886. The highest BCUT2D eigenvalue weighted by Gasteiger charge is 2.13. The minimum absolute atomic E-state index is 0.0816. The second-order valence-electron chi connectivity index (χ2n) is 5.61. The summed E-state index contributed by atoms with van der Waals surface area (Å²) in [7, 11) is 0. The Morgan fingerprint density at radius 3 is 2.79 bits per heavy atom. The molecular weight excluding hydrogens is 306 g/mol. The average Bonchev–Trinajstić information content (AvgIpc) is 3.04. The summed E-state index contributed by atoms with van der Waals surface area (Å²) in [6.07, 6.45) is 0.735. The van der Waals surface area contributed by atoms with Gasteiger partial charge in [0.1, 0.15) is 5.75 Å². The maximum Gasteiger partial charge on any atom is 0.251 e. The van der Waals surface area contributed by atoms with Gasteiger partial charge < -0.3 is 19.5 Å². The van der Waals surface area contributed by atoms with Crippen molar-refractivity contribution in [1.29, 1.82) is 0 Å². The van der Waals surface area contributed by atoms with Crippen LogP contribution < -0.4 is 19.5 Å². The number of hydrogen-bond donors (Lipinski definition) is 1. The fourth-order valence-corrected chi connectivity index (χ4v) is 2.63. The first kappa shape index (κ1) is 16.2. The van der Waals surface area contributed by atoms with Gasteiger partial charge in [0.05, 0.1) is 6.61 Å². The van der Waals surface area contributed by atoms with Crippen LogP contribution in [0.3, 0.4) is 0 Å². The Morgan fingerprint density at radius 2 is 2.00 bits per heavy atom. The van der Waals surface area contributed by atoms with Crippen LogP contribution in [0, 0.1) is 6.92 Å². The Hall–Kier alpha value is -2.69. The van der Waals surface area contributed by atoms with Crippen LogP contribution in [0.5, 0.6) is 17.2 Å². The highest BCUT2D eigenvalue weighted by Crippen LogP contribution is 2.32. The molecule has 1 aliphatic rings. The van der Waals surface area contributed by atoms with Crippen molar-refractivity contribution in [3.8, 4) is 17.2 Å². The molecule has 1 heterocycles. The van der Waals surface area contributed by atoms with Crippen LogP contribution in [-0.2, 0) is 6.42 Å². The third-order valence-electron chi connectivity index (χ3n) is 3.87. The van der Waals surface area contributed by atoms with Crippen molar-refractivity contribution in [2.45, 2.75) is 20.3 Å². The monoisotopic (exact) mass is 327 g/mol. The summed E-state index contributed by atoms with van der Waals surface area (Å²) in [5.41, 5.74) is 2.70. The Kier molecular flexibility index (Phi) is 4.89. The lowest BCUT2D eigenvalue weighted by atomic mass is 10.1. The molecule has 5 nitrogen and oxygen atoms in total. The molecule has 0 fully saturated rings. The zero-order chi connectivity index (χ0) is 16.9. The van der Waals surface area contributed by atoms with Gasteiger partial charge in [-0.15, -0.1) is 0 Å². The summed E-state index contributed by atoms with van der Waals surface area (Å²) in [6, 6.07) is 11.3. The molecule has 1 amide bonds. The maximum absolute atomic E-state index is 12.2. The minimum Gasteiger partial charge on any atom is -0.494 e. The van der Waals surface area contributed by atoms with E-state index in [9.17, 15) is 4.79 Å². The molecule has 0 saturated heterocycles. The van der Waals surface area contributed by atoms with Crippen molar-refractivity contribution < 1.29 is 19.0 Å². The highest BCUT2D eigenvalue weighted by molar-refractivity contribution is 5.94. The Bertz CT molecular complexity index is 742. The SMILES string of the molecule is CCOc1ccc(C(=O)NCCc2ccc3c(c2)OCO3)cc1C. The van der Waals surface area contributed by atoms with Crippen molar-refractivity contribution in [1.82, 2.24) is 5.32 Å². The van der Waals surface area contributed by atoms with Crippen molar-refractivity contribution in [2.75, 3.05) is 19.9 Å². The van der Waals surface area contributed by atoms with Crippen molar-refractivity contribution in [3.63, 3.8) is 0 Å². The maximum atomic E-state index is 12.2. The molecule has 0 radical (unpaired) electrons. The molecule has 0 aromatic heterocycles. The molecule has 2 aromatic carbocycles. The number of fused-ring (bicyclic) bond motifs is 1. The van der Waals surface area contributed by atoms with Gasteiger partial charge in [-0.05, 0) is 61.7 Å². The minimum atomic E-state index is -0.0816. The smallest absolute Gasteiger partial charge is 0.251 e. The third kappa shape index (κ3) is 3.62. The number of benzene rings is 2. The van der Waals surface area contributed by atoms with Crippen LogP contribution in [0.2, 0.25) is 0 Å². The van der Waals surface area contributed by atoms with Crippen molar-refractivity contribution in [2.24, 2.45) is 0 Å². The van der Waals surface area contributed by atoms with E-state index in [1.165, 1.54) is 0 Å². The number of carbonyl (C=O) groups is 1. The van der Waals surface area contributed by atoms with Crippen LogP contribution >= 0.6 is 0 Å². The molecule has 0 atom stereocenters. The van der Waals surface area contributed by atoms with E-state index in [1.54, 1.807) is 6.07 Å². The summed E-state index contributed by atoms with van der Waals surface area (Å²) in [5, 5.41) is 2.94. The molecule has 5 heteroatoms. The number of carbonyl (C=O) groups excluding carboxylic acids is 1. The van der Waals surface area contributed by atoms with E-state index in [-0.39, 0.29) is 12.7 Å². The second-order valence-corrected chi connectivity index (χ2v) is 5.61. The zero-order valence-corrected chi connectivity index (χ0v) is 13.9. The Balaban J connectivity index is 1.55. The molecule has 24 heavy (non-hydrogen) atoms. The highest BCUT2D eigenvalue weighted by atomic mass is 16.7. The van der Waals surface area contributed by atoms with Crippen LogP contribution in [0.4, 0.5) is 0 Å². The van der Waals surface area contributed by atoms with E-state index >= 15 is 0 Å². The van der Waals surface area contributed by atoms with Gasteiger partial charge >= 0.3 is 0 Å². The van der Waals surface area contributed by atoms with Gasteiger partial charge in [0, 0.05) is 12.1 Å². The molecule has 0 saturated carbocycles. The number of ether oxygens (including phenoxy) is 3. The number of rotatable bonds is 6. The van der Waals surface area contributed by atoms with E-state index < -0.39 is 0 Å². The molecular formula is C19H21NO4. The Labute approximate surface area is 141 Å². The molecule has 1 aliphatic heterocycles. The number of amides is 1. The largest absolute Gasteiger partial charge is 0.494 e.